The van der Waals surface area contributed by atoms with Crippen LogP contribution in [0.3, 0.4) is 0 Å². The smallest absolute Gasteiger partial charge is 0.0433 e. The van der Waals surface area contributed by atoms with Crippen LogP contribution in [-0.2, 0) is 25.7 Å². The summed E-state index contributed by atoms with van der Waals surface area (Å²) in [6, 6.07) is 31.6. The van der Waals surface area contributed by atoms with Gasteiger partial charge in [-0.25, -0.2) is 0 Å². The van der Waals surface area contributed by atoms with E-state index in [1.165, 1.54) is 69.6 Å². The first-order valence-electron chi connectivity index (χ1n) is 12.4. The normalized spacial score (nSPS) is 12.0. The van der Waals surface area contributed by atoms with Crippen LogP contribution in [0.4, 0.5) is 0 Å². The molecular weight excluding hydrogens is 460 g/mol. The van der Waals surface area contributed by atoms with Crippen LogP contribution >= 0.6 is 22.7 Å². The van der Waals surface area contributed by atoms with Crippen molar-refractivity contribution in [1.82, 2.24) is 0 Å². The van der Waals surface area contributed by atoms with E-state index in [0.717, 1.165) is 25.7 Å². The highest BCUT2D eigenvalue weighted by atomic mass is 32.1. The van der Waals surface area contributed by atoms with Crippen LogP contribution in [0.25, 0.3) is 42.4 Å². The molecule has 0 bridgehead atoms. The summed E-state index contributed by atoms with van der Waals surface area (Å²) in [6.07, 6.45) is 4.34. The first-order chi connectivity index (χ1) is 17.3. The maximum absolute atomic E-state index is 2.51. The average molecular weight is 487 g/mol. The van der Waals surface area contributed by atoms with Crippen molar-refractivity contribution in [3.63, 3.8) is 0 Å². The first kappa shape index (κ1) is 21.1. The lowest BCUT2D eigenvalue weighted by Gasteiger charge is -2.28. The lowest BCUT2D eigenvalue weighted by molar-refractivity contribution is 0.968. The Morgan fingerprint density at radius 1 is 0.571 bits per heavy atom. The van der Waals surface area contributed by atoms with Gasteiger partial charge in [0.2, 0.25) is 0 Å². The molecule has 6 aromatic rings. The molecule has 0 radical (unpaired) electrons. The Morgan fingerprint density at radius 3 is 1.77 bits per heavy atom. The number of fused-ring (bicyclic) bond motifs is 8. The summed E-state index contributed by atoms with van der Waals surface area (Å²) in [6.45, 7) is 2.26. The second kappa shape index (κ2) is 8.48. The van der Waals surface area contributed by atoms with Gasteiger partial charge in [-0.3, -0.25) is 0 Å². The monoisotopic (exact) mass is 486 g/mol. The summed E-state index contributed by atoms with van der Waals surface area (Å²) < 4.78 is 2.96. The highest BCUT2D eigenvalue weighted by Gasteiger charge is 2.30. The van der Waals surface area contributed by atoms with Crippen molar-refractivity contribution in [3.8, 4) is 22.3 Å². The maximum Gasteiger partial charge on any atom is 0.0433 e. The summed E-state index contributed by atoms with van der Waals surface area (Å²) >= 11 is 3.88. The fraction of sp³-hybridized carbons (Fsp3) is 0.152. The van der Waals surface area contributed by atoms with Crippen molar-refractivity contribution in [2.24, 2.45) is 0 Å². The molecule has 1 aliphatic rings. The zero-order valence-corrected chi connectivity index (χ0v) is 21.4. The van der Waals surface area contributed by atoms with Crippen LogP contribution in [0.5, 0.6) is 0 Å². The van der Waals surface area contributed by atoms with Gasteiger partial charge in [0.25, 0.3) is 0 Å². The van der Waals surface area contributed by atoms with Gasteiger partial charge in [-0.05, 0) is 106 Å². The minimum Gasteiger partial charge on any atom is -0.143 e. The Hall–Kier alpha value is -3.20. The number of hydrogen-bond donors (Lipinski definition) is 0. The van der Waals surface area contributed by atoms with Crippen molar-refractivity contribution in [2.45, 2.75) is 32.6 Å². The molecule has 7 rings (SSSR count). The molecule has 0 saturated heterocycles. The van der Waals surface area contributed by atoms with E-state index in [4.69, 9.17) is 0 Å². The molecule has 2 aromatic heterocycles. The molecule has 2 heteroatoms. The van der Waals surface area contributed by atoms with E-state index in [9.17, 15) is 0 Å². The van der Waals surface area contributed by atoms with E-state index in [-0.39, 0.29) is 0 Å². The third kappa shape index (κ3) is 3.55. The van der Waals surface area contributed by atoms with Gasteiger partial charge in [0.05, 0.1) is 0 Å². The van der Waals surface area contributed by atoms with Crippen molar-refractivity contribution < 1.29 is 0 Å². The summed E-state index contributed by atoms with van der Waals surface area (Å²) in [5, 5.41) is 5.19. The van der Waals surface area contributed by atoms with E-state index >= 15 is 0 Å². The molecule has 170 valence electrons. The quantitative estimate of drug-likeness (QED) is 0.219. The predicted octanol–water partition coefficient (Wildman–Crippen LogP) is 9.64. The predicted molar refractivity (Wildman–Crippen MR) is 154 cm³/mol. The van der Waals surface area contributed by atoms with E-state index in [2.05, 4.69) is 97.2 Å². The number of aryl methyl sites for hydroxylation is 5. The maximum atomic E-state index is 2.51. The van der Waals surface area contributed by atoms with E-state index in [1.54, 1.807) is 0 Å². The Labute approximate surface area is 214 Å². The van der Waals surface area contributed by atoms with Gasteiger partial charge in [0.1, 0.15) is 0 Å². The SMILES string of the molecule is Cc1cc2c(CCc3ccccc3)cc3c(c2s1)-c1cc(CCc2ccccc2)c2ccsc2c1-3. The Balaban J connectivity index is 1.31. The highest BCUT2D eigenvalue weighted by Crippen LogP contribution is 2.57. The zero-order chi connectivity index (χ0) is 23.4. The zero-order valence-electron chi connectivity index (χ0n) is 19.8. The second-order valence-corrected chi connectivity index (χ2v) is 11.8. The molecule has 0 unspecified atom stereocenters. The van der Waals surface area contributed by atoms with Crippen molar-refractivity contribution in [3.05, 3.63) is 117 Å². The lowest BCUT2D eigenvalue weighted by atomic mass is 9.76. The number of thiophene rings is 2. The largest absolute Gasteiger partial charge is 0.143 e. The fourth-order valence-electron chi connectivity index (χ4n) is 5.71. The molecule has 0 N–H and O–H groups in total. The third-order valence-corrected chi connectivity index (χ3v) is 9.43. The average Bonchev–Trinajstić information content (AvgIpc) is 3.51. The van der Waals surface area contributed by atoms with E-state index in [1.807, 2.05) is 22.7 Å². The van der Waals surface area contributed by atoms with Crippen LogP contribution in [0, 0.1) is 6.92 Å². The van der Waals surface area contributed by atoms with Gasteiger partial charge in [0, 0.05) is 25.4 Å². The Morgan fingerprint density at radius 2 is 1.14 bits per heavy atom. The van der Waals surface area contributed by atoms with Crippen LogP contribution in [0.1, 0.15) is 27.1 Å². The van der Waals surface area contributed by atoms with Gasteiger partial charge >= 0.3 is 0 Å². The Bertz CT molecular complexity index is 1680. The van der Waals surface area contributed by atoms with Gasteiger partial charge < -0.3 is 0 Å². The molecule has 0 amide bonds. The first-order valence-corrected chi connectivity index (χ1v) is 14.1. The number of hydrogen-bond acceptors (Lipinski definition) is 2. The van der Waals surface area contributed by atoms with E-state index in [0.29, 0.717) is 0 Å². The van der Waals surface area contributed by atoms with E-state index < -0.39 is 0 Å². The van der Waals surface area contributed by atoms with Crippen molar-refractivity contribution in [2.75, 3.05) is 0 Å². The molecule has 35 heavy (non-hydrogen) atoms. The standard InChI is InChI=1S/C33H26S2/c1-21-18-27-25(15-13-23-10-6-3-7-11-23)20-29-30-28(31(29)33(27)35-21)19-24(26-16-17-34-32(26)30)14-12-22-8-4-2-5-9-22/h2-11,16-20H,12-15H2,1H3. The minimum absolute atomic E-state index is 1.08. The second-order valence-electron chi connectivity index (χ2n) is 9.65. The molecule has 1 aliphatic carbocycles. The summed E-state index contributed by atoms with van der Waals surface area (Å²) in [5.41, 5.74) is 11.7. The molecule has 0 atom stereocenters. The molecule has 2 heterocycles. The third-order valence-electron chi connectivity index (χ3n) is 7.43. The van der Waals surface area contributed by atoms with Gasteiger partial charge in [-0.1, -0.05) is 60.7 Å². The molecule has 0 nitrogen and oxygen atoms in total. The highest BCUT2D eigenvalue weighted by molar-refractivity contribution is 7.20. The van der Waals surface area contributed by atoms with Crippen LogP contribution in [0.2, 0.25) is 0 Å². The molecule has 0 aliphatic heterocycles. The van der Waals surface area contributed by atoms with Gasteiger partial charge in [0.15, 0.2) is 0 Å². The van der Waals surface area contributed by atoms with Gasteiger partial charge in [-0.15, -0.1) is 22.7 Å². The van der Waals surface area contributed by atoms with Crippen LogP contribution in [-0.4, -0.2) is 0 Å². The molecule has 0 fully saturated rings. The van der Waals surface area contributed by atoms with Crippen LogP contribution in [0.15, 0.2) is 90.3 Å². The molecule has 0 saturated carbocycles. The minimum atomic E-state index is 1.08. The van der Waals surface area contributed by atoms with Gasteiger partial charge in [-0.2, -0.15) is 0 Å². The van der Waals surface area contributed by atoms with Crippen molar-refractivity contribution in [1.29, 1.82) is 0 Å². The molecule has 0 spiro atoms. The summed E-state index contributed by atoms with van der Waals surface area (Å²) in [4.78, 5) is 1.41. The summed E-state index contributed by atoms with van der Waals surface area (Å²) in [7, 11) is 0. The summed E-state index contributed by atoms with van der Waals surface area (Å²) in [5.74, 6) is 0. The van der Waals surface area contributed by atoms with Crippen LogP contribution < -0.4 is 0 Å². The number of benzene rings is 4. The lowest BCUT2D eigenvalue weighted by Crippen LogP contribution is -2.04. The number of rotatable bonds is 6. The van der Waals surface area contributed by atoms with Crippen molar-refractivity contribution >= 4 is 42.8 Å². The fourth-order valence-corrected chi connectivity index (χ4v) is 7.84. The Kier molecular flexibility index (Phi) is 5.11. The molecule has 4 aromatic carbocycles. The topological polar surface area (TPSA) is 0 Å². The molecular formula is C33H26S2.